The predicted octanol–water partition coefficient (Wildman–Crippen LogP) is 2.39. The molecule has 2 atom stereocenters. The topological polar surface area (TPSA) is 15.3 Å². The number of unbranched alkanes of at least 4 members (excludes halogenated alkanes) is 2. The Morgan fingerprint density at radius 1 is 1.27 bits per heavy atom. The van der Waals surface area contributed by atoms with Gasteiger partial charge in [-0.05, 0) is 39.2 Å². The average Bonchev–Trinajstić information content (AvgIpc) is 2.99. The van der Waals surface area contributed by atoms with Gasteiger partial charge in [0.2, 0.25) is 0 Å². The van der Waals surface area contributed by atoms with Crippen molar-refractivity contribution in [3.8, 4) is 0 Å². The second-order valence-electron chi connectivity index (χ2n) is 5.37. The lowest BCUT2D eigenvalue weighted by molar-refractivity contribution is 0.255. The Hall–Kier alpha value is -0.0800. The molecule has 0 aromatic heterocycles. The molecule has 1 N–H and O–H groups in total. The minimum absolute atomic E-state index is 0.775. The van der Waals surface area contributed by atoms with Crippen molar-refractivity contribution < 1.29 is 0 Å². The summed E-state index contributed by atoms with van der Waals surface area (Å²) in [4.78, 5) is 2.72. The van der Waals surface area contributed by atoms with Crippen LogP contribution in [0.5, 0.6) is 0 Å². The Kier molecular flexibility index (Phi) is 4.04. The van der Waals surface area contributed by atoms with Crippen molar-refractivity contribution >= 4 is 0 Å². The summed E-state index contributed by atoms with van der Waals surface area (Å²) in [7, 11) is 0. The number of nitrogens with one attached hydrogen (secondary N) is 1. The minimum atomic E-state index is 0.775. The maximum absolute atomic E-state index is 3.72. The van der Waals surface area contributed by atoms with Crippen molar-refractivity contribution in [1.29, 1.82) is 0 Å². The van der Waals surface area contributed by atoms with Crippen molar-refractivity contribution in [1.82, 2.24) is 10.2 Å². The molecule has 1 aliphatic carbocycles. The van der Waals surface area contributed by atoms with E-state index in [1.807, 2.05) is 0 Å². The van der Waals surface area contributed by atoms with E-state index < -0.39 is 0 Å². The molecular formula is C13H26N2. The van der Waals surface area contributed by atoms with Crippen LogP contribution in [0.25, 0.3) is 0 Å². The van der Waals surface area contributed by atoms with Gasteiger partial charge in [-0.15, -0.1) is 0 Å². The highest BCUT2D eigenvalue weighted by Crippen LogP contribution is 2.33. The number of hydrogen-bond donors (Lipinski definition) is 1. The van der Waals surface area contributed by atoms with Crippen molar-refractivity contribution in [2.75, 3.05) is 13.1 Å². The third-order valence-electron chi connectivity index (χ3n) is 3.85. The zero-order valence-electron chi connectivity index (χ0n) is 10.3. The van der Waals surface area contributed by atoms with Gasteiger partial charge in [0.1, 0.15) is 0 Å². The van der Waals surface area contributed by atoms with Gasteiger partial charge in [-0.25, -0.2) is 0 Å². The second-order valence-corrected chi connectivity index (χ2v) is 5.37. The van der Waals surface area contributed by atoms with Gasteiger partial charge >= 0.3 is 0 Å². The van der Waals surface area contributed by atoms with Crippen LogP contribution in [0.15, 0.2) is 0 Å². The van der Waals surface area contributed by atoms with Gasteiger partial charge in [-0.1, -0.05) is 19.8 Å². The van der Waals surface area contributed by atoms with Gasteiger partial charge in [0.15, 0.2) is 0 Å². The monoisotopic (exact) mass is 210 g/mol. The van der Waals surface area contributed by atoms with E-state index in [0.717, 1.165) is 18.1 Å². The summed E-state index contributed by atoms with van der Waals surface area (Å²) in [6.07, 6.45) is 8.33. The van der Waals surface area contributed by atoms with E-state index in [2.05, 4.69) is 24.1 Å². The van der Waals surface area contributed by atoms with Crippen molar-refractivity contribution in [2.45, 2.75) is 70.5 Å². The molecule has 0 aromatic carbocycles. The summed E-state index contributed by atoms with van der Waals surface area (Å²) in [5.41, 5.74) is 0. The fourth-order valence-corrected chi connectivity index (χ4v) is 2.80. The standard InChI is InChI=1S/C13H26N2/c1-3-4-5-8-14-12-9-11(2)15(10-12)13-6-7-13/h11-14H,3-10H2,1-2H3. The van der Waals surface area contributed by atoms with Gasteiger partial charge < -0.3 is 5.32 Å². The quantitative estimate of drug-likeness (QED) is 0.677. The Morgan fingerprint density at radius 3 is 2.73 bits per heavy atom. The lowest BCUT2D eigenvalue weighted by Crippen LogP contribution is -2.34. The van der Waals surface area contributed by atoms with Crippen LogP contribution < -0.4 is 5.32 Å². The van der Waals surface area contributed by atoms with E-state index >= 15 is 0 Å². The molecule has 2 heteroatoms. The smallest absolute Gasteiger partial charge is 0.0210 e. The van der Waals surface area contributed by atoms with Crippen LogP contribution in [0.4, 0.5) is 0 Å². The van der Waals surface area contributed by atoms with Crippen molar-refractivity contribution in [2.24, 2.45) is 0 Å². The lowest BCUT2D eigenvalue weighted by atomic mass is 10.2. The number of rotatable bonds is 6. The summed E-state index contributed by atoms with van der Waals surface area (Å²) in [6.45, 7) is 7.19. The lowest BCUT2D eigenvalue weighted by Gasteiger charge is -2.19. The first-order chi connectivity index (χ1) is 7.31. The molecule has 0 bridgehead atoms. The molecule has 1 saturated heterocycles. The minimum Gasteiger partial charge on any atom is -0.313 e. The summed E-state index contributed by atoms with van der Waals surface area (Å²) >= 11 is 0. The highest BCUT2D eigenvalue weighted by atomic mass is 15.3. The Labute approximate surface area is 94.4 Å². The Balaban J connectivity index is 1.63. The van der Waals surface area contributed by atoms with Crippen molar-refractivity contribution in [3.05, 3.63) is 0 Å². The van der Waals surface area contributed by atoms with E-state index in [4.69, 9.17) is 0 Å². The third-order valence-corrected chi connectivity index (χ3v) is 3.85. The zero-order valence-corrected chi connectivity index (χ0v) is 10.3. The largest absolute Gasteiger partial charge is 0.313 e. The summed E-state index contributed by atoms with van der Waals surface area (Å²) < 4.78 is 0. The summed E-state index contributed by atoms with van der Waals surface area (Å²) in [5, 5.41) is 3.72. The molecule has 2 unspecified atom stereocenters. The molecule has 2 nitrogen and oxygen atoms in total. The molecule has 0 aromatic rings. The van der Waals surface area contributed by atoms with Crippen molar-refractivity contribution in [3.63, 3.8) is 0 Å². The zero-order chi connectivity index (χ0) is 10.7. The average molecular weight is 210 g/mol. The molecular weight excluding hydrogens is 184 g/mol. The molecule has 1 heterocycles. The number of likely N-dealkylation sites (tertiary alicyclic amines) is 1. The van der Waals surface area contributed by atoms with Crippen LogP contribution in [0.2, 0.25) is 0 Å². The van der Waals surface area contributed by atoms with E-state index in [0.29, 0.717) is 0 Å². The first kappa shape index (κ1) is 11.4. The molecule has 0 spiro atoms. The molecule has 2 fully saturated rings. The normalized spacial score (nSPS) is 32.4. The van der Waals surface area contributed by atoms with Crippen LogP contribution in [0.3, 0.4) is 0 Å². The fraction of sp³-hybridized carbons (Fsp3) is 1.00. The van der Waals surface area contributed by atoms with Gasteiger partial charge in [0.25, 0.3) is 0 Å². The Morgan fingerprint density at radius 2 is 2.07 bits per heavy atom. The van der Waals surface area contributed by atoms with Crippen LogP contribution in [-0.4, -0.2) is 36.1 Å². The molecule has 0 radical (unpaired) electrons. The highest BCUT2D eigenvalue weighted by Gasteiger charge is 2.38. The van der Waals surface area contributed by atoms with E-state index in [1.54, 1.807) is 0 Å². The first-order valence-corrected chi connectivity index (χ1v) is 6.80. The van der Waals surface area contributed by atoms with Gasteiger partial charge in [0, 0.05) is 24.7 Å². The first-order valence-electron chi connectivity index (χ1n) is 6.80. The van der Waals surface area contributed by atoms with Crippen LogP contribution in [0.1, 0.15) is 52.4 Å². The SMILES string of the molecule is CCCCCNC1CC(C)N(C2CC2)C1. The second kappa shape index (κ2) is 5.31. The van der Waals surface area contributed by atoms with Gasteiger partial charge in [-0.3, -0.25) is 4.90 Å². The van der Waals surface area contributed by atoms with E-state index in [9.17, 15) is 0 Å². The molecule has 15 heavy (non-hydrogen) atoms. The fourth-order valence-electron chi connectivity index (χ4n) is 2.80. The molecule has 1 aliphatic heterocycles. The maximum Gasteiger partial charge on any atom is 0.0210 e. The van der Waals surface area contributed by atoms with Crippen LogP contribution in [-0.2, 0) is 0 Å². The predicted molar refractivity (Wildman–Crippen MR) is 65.1 cm³/mol. The molecule has 2 aliphatic rings. The van der Waals surface area contributed by atoms with Crippen LogP contribution >= 0.6 is 0 Å². The third kappa shape index (κ3) is 3.18. The molecule has 88 valence electrons. The number of nitrogens with zero attached hydrogens (tertiary/aromatic N) is 1. The summed E-state index contributed by atoms with van der Waals surface area (Å²) in [6, 6.07) is 2.54. The van der Waals surface area contributed by atoms with E-state index in [1.165, 1.54) is 51.6 Å². The van der Waals surface area contributed by atoms with Crippen LogP contribution in [0, 0.1) is 0 Å². The molecule has 2 rings (SSSR count). The van der Waals surface area contributed by atoms with E-state index in [-0.39, 0.29) is 0 Å². The molecule has 0 amide bonds. The Bertz CT molecular complexity index is 189. The highest BCUT2D eigenvalue weighted by molar-refractivity contribution is 4.95. The summed E-state index contributed by atoms with van der Waals surface area (Å²) in [5.74, 6) is 0. The van der Waals surface area contributed by atoms with Gasteiger partial charge in [-0.2, -0.15) is 0 Å². The molecule has 1 saturated carbocycles. The number of hydrogen-bond acceptors (Lipinski definition) is 2. The van der Waals surface area contributed by atoms with Gasteiger partial charge in [0.05, 0.1) is 0 Å². The maximum atomic E-state index is 3.72.